The smallest absolute Gasteiger partial charge is 0.204 e. The molecule has 92 valence electrons. The zero-order valence-corrected chi connectivity index (χ0v) is 11.8. The van der Waals surface area contributed by atoms with Crippen molar-refractivity contribution in [2.24, 2.45) is 11.1 Å². The highest BCUT2D eigenvalue weighted by atomic mass is 79.9. The van der Waals surface area contributed by atoms with Crippen molar-refractivity contribution in [1.82, 2.24) is 0 Å². The minimum absolute atomic E-state index is 0.0277. The monoisotopic (exact) mass is 306 g/mol. The van der Waals surface area contributed by atoms with Crippen molar-refractivity contribution in [1.29, 1.82) is 15.8 Å². The van der Waals surface area contributed by atoms with Gasteiger partial charge in [0.1, 0.15) is 29.4 Å². The second-order valence-electron chi connectivity index (χ2n) is 4.77. The molecule has 0 saturated carbocycles. The number of ether oxygens (including phenoxy) is 1. The Morgan fingerprint density at radius 1 is 1.28 bits per heavy atom. The van der Waals surface area contributed by atoms with Crippen LogP contribution in [0.1, 0.15) is 20.8 Å². The van der Waals surface area contributed by atoms with Crippen molar-refractivity contribution in [3.8, 4) is 18.2 Å². The first-order valence-electron chi connectivity index (χ1n) is 5.06. The molecule has 0 radical (unpaired) electrons. The number of alkyl halides is 1. The highest BCUT2D eigenvalue weighted by Crippen LogP contribution is 2.53. The topological polar surface area (TPSA) is 107 Å². The van der Waals surface area contributed by atoms with Gasteiger partial charge in [0.2, 0.25) is 5.88 Å². The summed E-state index contributed by atoms with van der Waals surface area (Å²) in [6, 6.07) is 5.43. The van der Waals surface area contributed by atoms with Gasteiger partial charge in [0, 0.05) is 5.41 Å². The average molecular weight is 307 g/mol. The molecule has 0 aromatic carbocycles. The zero-order chi connectivity index (χ0) is 14.1. The minimum atomic E-state index is -1.16. The molecule has 0 aliphatic carbocycles. The molecule has 0 fully saturated rings. The molecule has 1 rings (SSSR count). The summed E-state index contributed by atoms with van der Waals surface area (Å²) in [5, 5.41) is 27.1. The number of nitrogens with zero attached hydrogens (tertiary/aromatic N) is 3. The molecule has 2 N–H and O–H groups in total. The number of hydrogen-bond acceptors (Lipinski definition) is 5. The first-order chi connectivity index (χ1) is 8.22. The fourth-order valence-corrected chi connectivity index (χ4v) is 2.17. The third kappa shape index (κ3) is 1.83. The number of halogens is 1. The largest absolute Gasteiger partial charge is 0.455 e. The number of hydrogen-bond donors (Lipinski definition) is 1. The Labute approximate surface area is 114 Å². The van der Waals surface area contributed by atoms with Crippen molar-refractivity contribution in [2.45, 2.75) is 25.3 Å². The van der Waals surface area contributed by atoms with Crippen molar-refractivity contribution >= 4 is 15.9 Å². The molecule has 1 aliphatic rings. The lowest BCUT2D eigenvalue weighted by Crippen LogP contribution is -2.39. The number of nitrogens with two attached hydrogens (primary N) is 1. The fourth-order valence-electron chi connectivity index (χ4n) is 1.60. The maximum Gasteiger partial charge on any atom is 0.204 e. The molecule has 1 atom stereocenters. The van der Waals surface area contributed by atoms with Crippen LogP contribution in [0.2, 0.25) is 0 Å². The van der Waals surface area contributed by atoms with Crippen LogP contribution in [-0.4, -0.2) is 4.51 Å². The average Bonchev–Trinajstić information content (AvgIpc) is 2.53. The van der Waals surface area contributed by atoms with E-state index in [1.54, 1.807) is 12.1 Å². The lowest BCUT2D eigenvalue weighted by atomic mass is 9.81. The Balaban J connectivity index is 3.69. The molecule has 0 aromatic rings. The van der Waals surface area contributed by atoms with Crippen LogP contribution in [0.3, 0.4) is 0 Å². The van der Waals surface area contributed by atoms with Crippen LogP contribution in [-0.2, 0) is 4.74 Å². The fraction of sp³-hybridized carbons (Fsp3) is 0.417. The summed E-state index contributed by atoms with van der Waals surface area (Å²) in [6.45, 7) is 5.55. The van der Waals surface area contributed by atoms with Crippen LogP contribution in [0.25, 0.3) is 0 Å². The van der Waals surface area contributed by atoms with Crippen LogP contribution >= 0.6 is 15.9 Å². The van der Waals surface area contributed by atoms with Crippen LogP contribution in [0.4, 0.5) is 0 Å². The van der Waals surface area contributed by atoms with Crippen LogP contribution < -0.4 is 5.73 Å². The summed E-state index contributed by atoms with van der Waals surface area (Å²) < 4.78 is 4.35. The third-order valence-electron chi connectivity index (χ3n) is 2.62. The molecule has 0 saturated heterocycles. The van der Waals surface area contributed by atoms with Gasteiger partial charge in [-0.1, -0.05) is 20.8 Å². The number of nitriles is 3. The Kier molecular flexibility index (Phi) is 3.42. The standard InChI is InChI=1S/C12H11BrN4O/c1-11(2,3)12(13)9(7(4-14)5-15)8(6-16)10(17)18-12/h17H2,1-3H3. The summed E-state index contributed by atoms with van der Waals surface area (Å²) in [4.78, 5) is 0. The van der Waals surface area contributed by atoms with E-state index in [0.717, 1.165) is 0 Å². The maximum atomic E-state index is 9.10. The molecule has 5 nitrogen and oxygen atoms in total. The van der Waals surface area contributed by atoms with E-state index >= 15 is 0 Å². The lowest BCUT2D eigenvalue weighted by Gasteiger charge is -2.37. The van der Waals surface area contributed by atoms with Crippen molar-refractivity contribution < 1.29 is 4.74 Å². The molecule has 1 aliphatic heterocycles. The first kappa shape index (κ1) is 14.1. The van der Waals surface area contributed by atoms with Crippen LogP contribution in [0, 0.1) is 39.4 Å². The van der Waals surface area contributed by atoms with Gasteiger partial charge >= 0.3 is 0 Å². The van der Waals surface area contributed by atoms with Gasteiger partial charge in [-0.15, -0.1) is 0 Å². The Hall–Kier alpha value is -1.97. The summed E-state index contributed by atoms with van der Waals surface area (Å²) in [7, 11) is 0. The summed E-state index contributed by atoms with van der Waals surface area (Å²) in [5.41, 5.74) is 5.18. The van der Waals surface area contributed by atoms with E-state index in [4.69, 9.17) is 26.3 Å². The Morgan fingerprint density at radius 3 is 2.11 bits per heavy atom. The second kappa shape index (κ2) is 4.37. The van der Waals surface area contributed by atoms with Gasteiger partial charge in [0.05, 0.1) is 5.57 Å². The highest BCUT2D eigenvalue weighted by molar-refractivity contribution is 9.10. The van der Waals surface area contributed by atoms with Gasteiger partial charge in [0.25, 0.3) is 0 Å². The number of rotatable bonds is 0. The molecule has 0 amide bonds. The predicted octanol–water partition coefficient (Wildman–Crippen LogP) is 2.19. The van der Waals surface area contributed by atoms with E-state index in [-0.39, 0.29) is 22.6 Å². The predicted molar refractivity (Wildman–Crippen MR) is 67.3 cm³/mol. The molecule has 18 heavy (non-hydrogen) atoms. The van der Waals surface area contributed by atoms with Gasteiger partial charge < -0.3 is 10.5 Å². The molecule has 0 aromatic heterocycles. The molecule has 1 heterocycles. The number of allylic oxidation sites excluding steroid dienone is 1. The van der Waals surface area contributed by atoms with Gasteiger partial charge in [0.15, 0.2) is 4.51 Å². The molecule has 6 heteroatoms. The van der Waals surface area contributed by atoms with Gasteiger partial charge in [-0.3, -0.25) is 0 Å². The summed E-state index contributed by atoms with van der Waals surface area (Å²) >= 11 is 3.38. The van der Waals surface area contributed by atoms with Gasteiger partial charge in [-0.2, -0.15) is 15.8 Å². The Bertz CT molecular complexity index is 561. The van der Waals surface area contributed by atoms with Crippen molar-refractivity contribution in [2.75, 3.05) is 0 Å². The minimum Gasteiger partial charge on any atom is -0.455 e. The normalized spacial score (nSPS) is 22.8. The van der Waals surface area contributed by atoms with E-state index in [0.29, 0.717) is 0 Å². The maximum absolute atomic E-state index is 9.10. The second-order valence-corrected chi connectivity index (χ2v) is 5.89. The van der Waals surface area contributed by atoms with Gasteiger partial charge in [-0.05, 0) is 15.9 Å². The first-order valence-corrected chi connectivity index (χ1v) is 5.85. The molecule has 0 spiro atoms. The van der Waals surface area contributed by atoms with Crippen LogP contribution in [0.15, 0.2) is 22.6 Å². The molecular formula is C12H11BrN4O. The highest BCUT2D eigenvalue weighted by Gasteiger charge is 2.53. The van der Waals surface area contributed by atoms with Crippen molar-refractivity contribution in [3.05, 3.63) is 22.6 Å². The quantitative estimate of drug-likeness (QED) is 0.545. The SMILES string of the molecule is CC(C)(C)C1(Br)OC(N)=C(C#N)C1=C(C#N)C#N. The third-order valence-corrected chi connectivity index (χ3v) is 4.37. The van der Waals surface area contributed by atoms with Crippen LogP contribution in [0.5, 0.6) is 0 Å². The summed E-state index contributed by atoms with van der Waals surface area (Å²) in [5.74, 6) is -0.0812. The zero-order valence-electron chi connectivity index (χ0n) is 10.2. The Morgan fingerprint density at radius 2 is 1.78 bits per heavy atom. The molecular weight excluding hydrogens is 296 g/mol. The van der Waals surface area contributed by atoms with Crippen molar-refractivity contribution in [3.63, 3.8) is 0 Å². The molecule has 1 unspecified atom stereocenters. The van der Waals surface area contributed by atoms with E-state index in [1.807, 2.05) is 26.8 Å². The van der Waals surface area contributed by atoms with E-state index in [1.165, 1.54) is 0 Å². The lowest BCUT2D eigenvalue weighted by molar-refractivity contribution is 0.0464. The van der Waals surface area contributed by atoms with Gasteiger partial charge in [-0.25, -0.2) is 0 Å². The van der Waals surface area contributed by atoms with E-state index in [9.17, 15) is 0 Å². The van der Waals surface area contributed by atoms with E-state index in [2.05, 4.69) is 15.9 Å². The molecule has 0 bridgehead atoms. The summed E-state index contributed by atoms with van der Waals surface area (Å²) in [6.07, 6.45) is 0. The van der Waals surface area contributed by atoms with E-state index < -0.39 is 9.93 Å².